The van der Waals surface area contributed by atoms with E-state index in [0.29, 0.717) is 0 Å². The molecule has 1 aromatic heterocycles. The van der Waals surface area contributed by atoms with Gasteiger partial charge >= 0.3 is 12.1 Å². The highest BCUT2D eigenvalue weighted by Crippen LogP contribution is 2.34. The van der Waals surface area contributed by atoms with Crippen molar-refractivity contribution in [3.05, 3.63) is 42.0 Å². The van der Waals surface area contributed by atoms with Crippen molar-refractivity contribution >= 4 is 5.97 Å². The molecule has 1 heterocycles. The molecule has 8 heteroatoms. The second-order valence-electron chi connectivity index (χ2n) is 3.40. The predicted molar refractivity (Wildman–Crippen MR) is 53.3 cm³/mol. The maximum absolute atomic E-state index is 12.8. The third-order valence-corrected chi connectivity index (χ3v) is 2.25. The van der Waals surface area contributed by atoms with Gasteiger partial charge in [-0.3, -0.25) is 4.57 Å². The zero-order valence-electron chi connectivity index (χ0n) is 8.72. The topological polar surface area (TPSA) is 68.0 Å². The van der Waals surface area contributed by atoms with Crippen molar-refractivity contribution in [1.82, 2.24) is 14.8 Å². The lowest BCUT2D eigenvalue weighted by Gasteiger charge is -2.13. The Labute approximate surface area is 98.5 Å². The van der Waals surface area contributed by atoms with E-state index in [0.717, 1.165) is 35.4 Å². The summed E-state index contributed by atoms with van der Waals surface area (Å²) < 4.78 is 39.3. The van der Waals surface area contributed by atoms with Crippen molar-refractivity contribution in [2.24, 2.45) is 0 Å². The van der Waals surface area contributed by atoms with Gasteiger partial charge in [0.1, 0.15) is 12.7 Å². The number of halogens is 3. The summed E-state index contributed by atoms with van der Waals surface area (Å²) in [4.78, 5) is 10.8. The summed E-state index contributed by atoms with van der Waals surface area (Å²) in [7, 11) is 0. The second-order valence-corrected chi connectivity index (χ2v) is 3.40. The van der Waals surface area contributed by atoms with Crippen molar-refractivity contribution in [1.29, 1.82) is 0 Å². The van der Waals surface area contributed by atoms with Crippen LogP contribution in [0.4, 0.5) is 13.2 Å². The molecule has 2 rings (SSSR count). The molecule has 0 aliphatic rings. The largest absolute Gasteiger partial charge is 0.478 e. The van der Waals surface area contributed by atoms with Crippen molar-refractivity contribution in [2.45, 2.75) is 6.18 Å². The van der Waals surface area contributed by atoms with Crippen molar-refractivity contribution in [2.75, 3.05) is 0 Å². The van der Waals surface area contributed by atoms with Crippen LogP contribution in [0, 0.1) is 0 Å². The smallest absolute Gasteiger partial charge is 0.418 e. The second kappa shape index (κ2) is 4.13. The van der Waals surface area contributed by atoms with Crippen LogP contribution in [0.2, 0.25) is 0 Å². The van der Waals surface area contributed by atoms with Gasteiger partial charge in [-0.05, 0) is 18.2 Å². The summed E-state index contributed by atoms with van der Waals surface area (Å²) >= 11 is 0. The fraction of sp³-hybridized carbons (Fsp3) is 0.100. The number of hydrogen-bond acceptors (Lipinski definition) is 3. The van der Waals surface area contributed by atoms with E-state index in [2.05, 4.69) is 10.2 Å². The minimum Gasteiger partial charge on any atom is -0.478 e. The molecule has 0 unspecified atom stereocenters. The summed E-state index contributed by atoms with van der Waals surface area (Å²) in [6, 6.07) is 2.55. The molecule has 0 saturated carbocycles. The summed E-state index contributed by atoms with van der Waals surface area (Å²) in [5.41, 5.74) is -1.52. The Morgan fingerprint density at radius 3 is 2.33 bits per heavy atom. The first-order chi connectivity index (χ1) is 8.39. The third kappa shape index (κ3) is 2.17. The average molecular weight is 257 g/mol. The molecule has 18 heavy (non-hydrogen) atoms. The van der Waals surface area contributed by atoms with Gasteiger partial charge in [0, 0.05) is 0 Å². The number of hydrogen-bond donors (Lipinski definition) is 1. The van der Waals surface area contributed by atoms with Crippen LogP contribution in [0.15, 0.2) is 30.9 Å². The maximum atomic E-state index is 12.8. The van der Waals surface area contributed by atoms with Crippen molar-refractivity contribution in [3.63, 3.8) is 0 Å². The number of carboxylic acids is 1. The number of alkyl halides is 3. The highest BCUT2D eigenvalue weighted by molar-refractivity contribution is 5.88. The Kier molecular flexibility index (Phi) is 2.77. The van der Waals surface area contributed by atoms with Crippen molar-refractivity contribution in [3.8, 4) is 5.69 Å². The number of nitrogens with zero attached hydrogens (tertiary/aromatic N) is 3. The van der Waals surface area contributed by atoms with E-state index in [4.69, 9.17) is 5.11 Å². The lowest BCUT2D eigenvalue weighted by Crippen LogP contribution is -2.11. The van der Waals surface area contributed by atoms with E-state index >= 15 is 0 Å². The number of rotatable bonds is 2. The van der Waals surface area contributed by atoms with E-state index in [1.54, 1.807) is 0 Å². The van der Waals surface area contributed by atoms with Gasteiger partial charge in [0.05, 0.1) is 16.8 Å². The first kappa shape index (κ1) is 12.1. The van der Waals surface area contributed by atoms with Gasteiger partial charge in [-0.2, -0.15) is 13.2 Å². The normalized spacial score (nSPS) is 11.5. The highest BCUT2D eigenvalue weighted by Gasteiger charge is 2.34. The van der Waals surface area contributed by atoms with Gasteiger partial charge in [0.2, 0.25) is 0 Å². The Bertz CT molecular complexity index is 579. The molecule has 0 amide bonds. The molecule has 1 N–H and O–H groups in total. The maximum Gasteiger partial charge on any atom is 0.418 e. The van der Waals surface area contributed by atoms with Gasteiger partial charge in [0.15, 0.2) is 0 Å². The first-order valence-electron chi connectivity index (χ1n) is 4.69. The number of benzene rings is 1. The zero-order chi connectivity index (χ0) is 13.3. The number of carboxylic acid groups (broad SMARTS) is 1. The van der Waals surface area contributed by atoms with Crippen LogP contribution in [0.5, 0.6) is 0 Å². The lowest BCUT2D eigenvalue weighted by atomic mass is 10.1. The number of aromatic nitrogens is 3. The van der Waals surface area contributed by atoms with Crippen LogP contribution < -0.4 is 0 Å². The van der Waals surface area contributed by atoms with Gasteiger partial charge < -0.3 is 5.11 Å². The fourth-order valence-electron chi connectivity index (χ4n) is 1.44. The van der Waals surface area contributed by atoms with Crippen LogP contribution >= 0.6 is 0 Å². The molecule has 0 bridgehead atoms. The molecular formula is C10H6F3N3O2. The molecule has 0 atom stereocenters. The average Bonchev–Trinajstić information content (AvgIpc) is 2.80. The number of aromatic carboxylic acids is 1. The molecule has 0 aliphatic heterocycles. The predicted octanol–water partition coefficient (Wildman–Crippen LogP) is 1.98. The quantitative estimate of drug-likeness (QED) is 0.893. The van der Waals surface area contributed by atoms with Crippen LogP contribution in [0.1, 0.15) is 15.9 Å². The summed E-state index contributed by atoms with van der Waals surface area (Å²) in [5, 5.41) is 15.6. The van der Waals surface area contributed by atoms with E-state index in [1.807, 2.05) is 0 Å². The van der Waals surface area contributed by atoms with E-state index in [-0.39, 0.29) is 11.3 Å². The molecule has 0 radical (unpaired) electrons. The molecule has 0 aliphatic carbocycles. The Morgan fingerprint density at radius 1 is 1.22 bits per heavy atom. The third-order valence-electron chi connectivity index (χ3n) is 2.25. The molecule has 1 aromatic carbocycles. The van der Waals surface area contributed by atoms with Crippen LogP contribution in [0.3, 0.4) is 0 Å². The van der Waals surface area contributed by atoms with E-state index in [1.165, 1.54) is 0 Å². The Hall–Kier alpha value is -2.38. The first-order valence-corrected chi connectivity index (χ1v) is 4.69. The summed E-state index contributed by atoms with van der Waals surface area (Å²) in [6.45, 7) is 0. The SMILES string of the molecule is O=C(O)c1ccc(C(F)(F)F)c(-n2cnnc2)c1. The Morgan fingerprint density at radius 2 is 1.83 bits per heavy atom. The van der Waals surface area contributed by atoms with Crippen LogP contribution in [0.25, 0.3) is 5.69 Å². The number of carbonyl (C=O) groups is 1. The molecule has 0 spiro atoms. The van der Waals surface area contributed by atoms with E-state index in [9.17, 15) is 18.0 Å². The van der Waals surface area contributed by atoms with Gasteiger partial charge in [-0.25, -0.2) is 4.79 Å². The lowest BCUT2D eigenvalue weighted by molar-refractivity contribution is -0.137. The molecule has 0 saturated heterocycles. The fourth-order valence-corrected chi connectivity index (χ4v) is 1.44. The van der Waals surface area contributed by atoms with Crippen LogP contribution in [-0.2, 0) is 6.18 Å². The molecule has 2 aromatic rings. The molecule has 94 valence electrons. The van der Waals surface area contributed by atoms with E-state index < -0.39 is 17.7 Å². The van der Waals surface area contributed by atoms with Gasteiger partial charge in [-0.1, -0.05) is 0 Å². The minimum absolute atomic E-state index is 0.244. The zero-order valence-corrected chi connectivity index (χ0v) is 8.72. The minimum atomic E-state index is -4.59. The van der Waals surface area contributed by atoms with Crippen molar-refractivity contribution < 1.29 is 23.1 Å². The molecular weight excluding hydrogens is 251 g/mol. The van der Waals surface area contributed by atoms with Gasteiger partial charge in [0.25, 0.3) is 0 Å². The highest BCUT2D eigenvalue weighted by atomic mass is 19.4. The molecule has 0 fully saturated rings. The summed E-state index contributed by atoms with van der Waals surface area (Å²) in [6.07, 6.45) is -2.46. The Balaban J connectivity index is 2.65. The molecule has 5 nitrogen and oxygen atoms in total. The standard InChI is InChI=1S/C10H6F3N3O2/c11-10(12,13)7-2-1-6(9(17)18)3-8(7)16-4-14-15-5-16/h1-5H,(H,17,18). The van der Waals surface area contributed by atoms with Crippen LogP contribution in [-0.4, -0.2) is 25.8 Å². The van der Waals surface area contributed by atoms with Gasteiger partial charge in [-0.15, -0.1) is 10.2 Å². The monoisotopic (exact) mass is 257 g/mol. The summed E-state index contributed by atoms with van der Waals surface area (Å²) in [5.74, 6) is -1.31.